The van der Waals surface area contributed by atoms with Gasteiger partial charge < -0.3 is 4.90 Å². The van der Waals surface area contributed by atoms with Gasteiger partial charge >= 0.3 is 0 Å². The first-order chi connectivity index (χ1) is 9.14. The molecule has 1 aliphatic rings. The summed E-state index contributed by atoms with van der Waals surface area (Å²) >= 11 is 6.03. The Hall–Kier alpha value is -1.11. The first-order valence-corrected chi connectivity index (χ1v) is 8.20. The van der Waals surface area contributed by atoms with Crippen molar-refractivity contribution in [3.05, 3.63) is 28.8 Å². The molecule has 1 aliphatic heterocycles. The maximum Gasteiger partial charge on any atom is 0.257 e. The number of amides is 1. The van der Waals surface area contributed by atoms with Gasteiger partial charge in [-0.3, -0.25) is 4.79 Å². The van der Waals surface area contributed by atoms with Crippen LogP contribution in [0.1, 0.15) is 37.0 Å². The molecule has 0 aliphatic carbocycles. The van der Waals surface area contributed by atoms with E-state index in [9.17, 15) is 13.2 Å². The average Bonchev–Trinajstić information content (AvgIpc) is 2.66. The molecule has 1 fully saturated rings. The van der Waals surface area contributed by atoms with Crippen molar-refractivity contribution in [3.8, 4) is 0 Å². The normalized spacial score (nSPS) is 18.3. The summed E-state index contributed by atoms with van der Waals surface area (Å²) in [5.41, 5.74) is -0.349. The summed E-state index contributed by atoms with van der Waals surface area (Å²) in [6, 6.07) is 4.26. The molecule has 1 aromatic carbocycles. The number of sulfonamides is 1. The van der Waals surface area contributed by atoms with Crippen LogP contribution in [-0.2, 0) is 10.0 Å². The van der Waals surface area contributed by atoms with E-state index in [0.29, 0.717) is 6.54 Å². The average molecular weight is 317 g/mol. The van der Waals surface area contributed by atoms with Crippen molar-refractivity contribution in [1.82, 2.24) is 4.90 Å². The fourth-order valence-corrected chi connectivity index (χ4v) is 3.63. The van der Waals surface area contributed by atoms with Gasteiger partial charge in [0.25, 0.3) is 5.91 Å². The topological polar surface area (TPSA) is 80.5 Å². The number of primary sulfonamides is 1. The monoisotopic (exact) mass is 316 g/mol. The Labute approximate surface area is 123 Å². The summed E-state index contributed by atoms with van der Waals surface area (Å²) in [7, 11) is -4.00. The third kappa shape index (κ3) is 2.68. The molecular weight excluding hydrogens is 300 g/mol. The Morgan fingerprint density at radius 1 is 1.40 bits per heavy atom. The van der Waals surface area contributed by atoms with Crippen molar-refractivity contribution in [2.24, 2.45) is 5.14 Å². The molecule has 2 N–H and O–H groups in total. The van der Waals surface area contributed by atoms with Crippen molar-refractivity contribution >= 4 is 27.5 Å². The van der Waals surface area contributed by atoms with Gasteiger partial charge in [-0.15, -0.1) is 0 Å². The minimum atomic E-state index is -4.00. The lowest BCUT2D eigenvalue weighted by Crippen LogP contribution is -2.43. The van der Waals surface area contributed by atoms with E-state index in [0.717, 1.165) is 12.8 Å². The van der Waals surface area contributed by atoms with E-state index >= 15 is 0 Å². The molecular formula is C13H17ClN2O3S. The molecule has 110 valence electrons. The quantitative estimate of drug-likeness (QED) is 0.906. The van der Waals surface area contributed by atoms with Gasteiger partial charge in [0.05, 0.1) is 15.5 Å². The highest BCUT2D eigenvalue weighted by atomic mass is 35.5. The standard InChI is InChI=1S/C13H17ClN2O3S/c1-13(2)7-4-8-16(13)12(17)11-9(14)5-3-6-10(11)20(15,18)19/h3,5-6H,4,7-8H2,1-2H3,(H2,15,18,19). The van der Waals surface area contributed by atoms with E-state index < -0.39 is 10.0 Å². The highest BCUT2D eigenvalue weighted by Gasteiger charge is 2.38. The second kappa shape index (κ2) is 5.02. The lowest BCUT2D eigenvalue weighted by Gasteiger charge is -2.32. The van der Waals surface area contributed by atoms with Crippen LogP contribution in [0.15, 0.2) is 23.1 Å². The van der Waals surface area contributed by atoms with E-state index in [4.69, 9.17) is 16.7 Å². The molecule has 1 aromatic rings. The maximum atomic E-state index is 12.7. The Balaban J connectivity index is 2.56. The van der Waals surface area contributed by atoms with Gasteiger partial charge in [0.1, 0.15) is 0 Å². The second-order valence-corrected chi connectivity index (χ2v) is 7.47. The van der Waals surface area contributed by atoms with Gasteiger partial charge in [0, 0.05) is 12.1 Å². The highest BCUT2D eigenvalue weighted by Crippen LogP contribution is 2.33. The van der Waals surface area contributed by atoms with Gasteiger partial charge in [-0.05, 0) is 38.8 Å². The lowest BCUT2D eigenvalue weighted by atomic mass is 10.0. The predicted molar refractivity (Wildman–Crippen MR) is 77.2 cm³/mol. The third-order valence-corrected chi connectivity index (χ3v) is 4.91. The largest absolute Gasteiger partial charge is 0.333 e. The first-order valence-electron chi connectivity index (χ1n) is 6.28. The van der Waals surface area contributed by atoms with Gasteiger partial charge in [-0.1, -0.05) is 17.7 Å². The molecule has 1 saturated heterocycles. The number of nitrogens with zero attached hydrogens (tertiary/aromatic N) is 1. The molecule has 1 amide bonds. The van der Waals surface area contributed by atoms with Crippen LogP contribution in [0.25, 0.3) is 0 Å². The van der Waals surface area contributed by atoms with Crippen molar-refractivity contribution in [2.75, 3.05) is 6.54 Å². The molecule has 0 saturated carbocycles. The van der Waals surface area contributed by atoms with Crippen molar-refractivity contribution < 1.29 is 13.2 Å². The number of rotatable bonds is 2. The molecule has 0 spiro atoms. The summed E-state index contributed by atoms with van der Waals surface area (Å²) in [6.07, 6.45) is 1.75. The summed E-state index contributed by atoms with van der Waals surface area (Å²) < 4.78 is 23.3. The minimum Gasteiger partial charge on any atom is -0.333 e. The van der Waals surface area contributed by atoms with Crippen LogP contribution >= 0.6 is 11.6 Å². The number of carbonyl (C=O) groups is 1. The Morgan fingerprint density at radius 2 is 2.05 bits per heavy atom. The summed E-state index contributed by atoms with van der Waals surface area (Å²) in [5.74, 6) is -0.387. The number of likely N-dealkylation sites (tertiary alicyclic amines) is 1. The zero-order chi connectivity index (χ0) is 15.1. The van der Waals surface area contributed by atoms with Gasteiger partial charge in [-0.2, -0.15) is 0 Å². The van der Waals surface area contributed by atoms with Crippen LogP contribution in [-0.4, -0.2) is 31.3 Å². The Morgan fingerprint density at radius 3 is 2.55 bits per heavy atom. The van der Waals surface area contributed by atoms with Crippen LogP contribution in [0.3, 0.4) is 0 Å². The van der Waals surface area contributed by atoms with E-state index in [1.807, 2.05) is 13.8 Å². The molecule has 0 atom stereocenters. The maximum absolute atomic E-state index is 12.7. The molecule has 0 radical (unpaired) electrons. The number of benzene rings is 1. The summed E-state index contributed by atoms with van der Waals surface area (Å²) in [4.78, 5) is 14.1. The molecule has 0 aromatic heterocycles. The second-order valence-electron chi connectivity index (χ2n) is 5.53. The molecule has 5 nitrogen and oxygen atoms in total. The Kier molecular flexibility index (Phi) is 3.83. The van der Waals surface area contributed by atoms with Crippen LogP contribution in [0.4, 0.5) is 0 Å². The zero-order valence-corrected chi connectivity index (χ0v) is 13.0. The van der Waals surface area contributed by atoms with Gasteiger partial charge in [0.15, 0.2) is 0 Å². The molecule has 2 rings (SSSR count). The van der Waals surface area contributed by atoms with Crippen molar-refractivity contribution in [1.29, 1.82) is 0 Å². The minimum absolute atomic E-state index is 0.0355. The number of nitrogens with two attached hydrogens (primary N) is 1. The first kappa shape index (κ1) is 15.3. The van der Waals surface area contributed by atoms with Crippen LogP contribution in [0.5, 0.6) is 0 Å². The smallest absolute Gasteiger partial charge is 0.257 e. The van der Waals surface area contributed by atoms with Crippen LogP contribution < -0.4 is 5.14 Å². The number of carbonyl (C=O) groups excluding carboxylic acids is 1. The number of hydrogen-bond acceptors (Lipinski definition) is 3. The van der Waals surface area contributed by atoms with Gasteiger partial charge in [0.2, 0.25) is 10.0 Å². The van der Waals surface area contributed by atoms with E-state index in [1.54, 1.807) is 4.90 Å². The molecule has 20 heavy (non-hydrogen) atoms. The van der Waals surface area contributed by atoms with E-state index in [-0.39, 0.29) is 26.9 Å². The Bertz CT molecular complexity index is 656. The fourth-order valence-electron chi connectivity index (χ4n) is 2.57. The van der Waals surface area contributed by atoms with Crippen molar-refractivity contribution in [3.63, 3.8) is 0 Å². The third-order valence-electron chi connectivity index (χ3n) is 3.64. The van der Waals surface area contributed by atoms with Crippen molar-refractivity contribution in [2.45, 2.75) is 37.1 Å². The van der Waals surface area contributed by atoms with E-state index in [1.165, 1.54) is 18.2 Å². The molecule has 0 unspecified atom stereocenters. The summed E-state index contributed by atoms with van der Waals surface area (Å²) in [6.45, 7) is 4.48. The number of halogens is 1. The molecule has 1 heterocycles. The summed E-state index contributed by atoms with van der Waals surface area (Å²) in [5, 5.41) is 5.27. The predicted octanol–water partition coefficient (Wildman–Crippen LogP) is 2.00. The van der Waals surface area contributed by atoms with Gasteiger partial charge in [-0.25, -0.2) is 13.6 Å². The molecule has 7 heteroatoms. The highest BCUT2D eigenvalue weighted by molar-refractivity contribution is 7.89. The fraction of sp³-hybridized carbons (Fsp3) is 0.462. The van der Waals surface area contributed by atoms with Crippen LogP contribution in [0.2, 0.25) is 5.02 Å². The lowest BCUT2D eigenvalue weighted by molar-refractivity contribution is 0.0648. The SMILES string of the molecule is CC1(C)CCCN1C(=O)c1c(Cl)cccc1S(N)(=O)=O. The van der Waals surface area contributed by atoms with E-state index in [2.05, 4.69) is 0 Å². The zero-order valence-electron chi connectivity index (χ0n) is 11.4. The molecule has 0 bridgehead atoms. The van der Waals surface area contributed by atoms with Crippen LogP contribution in [0, 0.1) is 0 Å². The number of hydrogen-bond donors (Lipinski definition) is 1.